The second-order valence-corrected chi connectivity index (χ2v) is 2.04. The van der Waals surface area contributed by atoms with Gasteiger partial charge in [-0.05, 0) is 6.07 Å². The molecule has 0 aliphatic carbocycles. The predicted octanol–water partition coefficient (Wildman–Crippen LogP) is 0.590. The minimum atomic E-state index is -0.821. The standard InChI is InChI=1S/C7H7FN2O2/c1-12-7(11)5-4(8)2-3-10-6(5)9/h2-3H,1H3,(H2,9,10). The van der Waals surface area contributed by atoms with E-state index < -0.39 is 11.8 Å². The van der Waals surface area contributed by atoms with Crippen LogP contribution in [0.15, 0.2) is 12.3 Å². The van der Waals surface area contributed by atoms with Crippen molar-refractivity contribution in [2.24, 2.45) is 0 Å². The summed E-state index contributed by atoms with van der Waals surface area (Å²) in [5.41, 5.74) is 4.93. The van der Waals surface area contributed by atoms with Gasteiger partial charge in [0.05, 0.1) is 7.11 Å². The zero-order valence-corrected chi connectivity index (χ0v) is 6.37. The van der Waals surface area contributed by atoms with Gasteiger partial charge in [-0.15, -0.1) is 0 Å². The lowest BCUT2D eigenvalue weighted by Crippen LogP contribution is -2.09. The van der Waals surface area contributed by atoms with Crippen molar-refractivity contribution < 1.29 is 13.9 Å². The summed E-state index contributed by atoms with van der Waals surface area (Å²) >= 11 is 0. The molecule has 1 aromatic rings. The minimum Gasteiger partial charge on any atom is -0.465 e. The zero-order chi connectivity index (χ0) is 9.14. The highest BCUT2D eigenvalue weighted by Crippen LogP contribution is 2.13. The quantitative estimate of drug-likeness (QED) is 0.626. The molecular weight excluding hydrogens is 163 g/mol. The van der Waals surface area contributed by atoms with Gasteiger partial charge in [-0.1, -0.05) is 0 Å². The topological polar surface area (TPSA) is 65.2 Å². The molecule has 1 heterocycles. The maximum atomic E-state index is 12.9. The van der Waals surface area contributed by atoms with E-state index in [2.05, 4.69) is 9.72 Å². The highest BCUT2D eigenvalue weighted by molar-refractivity contribution is 5.94. The number of halogens is 1. The van der Waals surface area contributed by atoms with Crippen LogP contribution >= 0.6 is 0 Å². The number of methoxy groups -OCH3 is 1. The number of nitrogen functional groups attached to an aromatic ring is 1. The molecule has 0 unspecified atom stereocenters. The van der Waals surface area contributed by atoms with Gasteiger partial charge < -0.3 is 10.5 Å². The van der Waals surface area contributed by atoms with E-state index in [-0.39, 0.29) is 11.4 Å². The Morgan fingerprint density at radius 3 is 2.92 bits per heavy atom. The first kappa shape index (κ1) is 8.45. The molecule has 12 heavy (non-hydrogen) atoms. The zero-order valence-electron chi connectivity index (χ0n) is 6.37. The molecule has 0 radical (unpaired) electrons. The fourth-order valence-electron chi connectivity index (χ4n) is 0.757. The molecule has 5 heteroatoms. The van der Waals surface area contributed by atoms with Gasteiger partial charge in [-0.2, -0.15) is 0 Å². The summed E-state index contributed by atoms with van der Waals surface area (Å²) in [7, 11) is 1.15. The molecule has 0 bridgehead atoms. The largest absolute Gasteiger partial charge is 0.465 e. The molecule has 0 fully saturated rings. The third-order valence-electron chi connectivity index (χ3n) is 1.32. The number of aromatic nitrogens is 1. The number of anilines is 1. The molecule has 64 valence electrons. The molecule has 2 N–H and O–H groups in total. The Labute approximate surface area is 68.2 Å². The highest BCUT2D eigenvalue weighted by Gasteiger charge is 2.15. The molecular formula is C7H7FN2O2. The smallest absolute Gasteiger partial charge is 0.344 e. The van der Waals surface area contributed by atoms with E-state index in [9.17, 15) is 9.18 Å². The normalized spacial score (nSPS) is 9.50. The number of nitrogens with zero attached hydrogens (tertiary/aromatic N) is 1. The van der Waals surface area contributed by atoms with Crippen LogP contribution in [0.3, 0.4) is 0 Å². The SMILES string of the molecule is COC(=O)c1c(F)ccnc1N. The first-order valence-corrected chi connectivity index (χ1v) is 3.15. The predicted molar refractivity (Wildman–Crippen MR) is 39.9 cm³/mol. The van der Waals surface area contributed by atoms with E-state index in [1.165, 1.54) is 6.20 Å². The number of hydrogen-bond donors (Lipinski definition) is 1. The lowest BCUT2D eigenvalue weighted by Gasteiger charge is -2.02. The van der Waals surface area contributed by atoms with E-state index >= 15 is 0 Å². The Kier molecular flexibility index (Phi) is 2.23. The number of hydrogen-bond acceptors (Lipinski definition) is 4. The number of ether oxygens (including phenoxy) is 1. The molecule has 0 saturated heterocycles. The molecule has 0 spiro atoms. The van der Waals surface area contributed by atoms with Gasteiger partial charge >= 0.3 is 5.97 Å². The molecule has 0 atom stereocenters. The molecule has 0 aliphatic heterocycles. The third-order valence-corrected chi connectivity index (χ3v) is 1.32. The van der Waals surface area contributed by atoms with Gasteiger partial charge in [0.15, 0.2) is 0 Å². The molecule has 0 saturated carbocycles. The first-order valence-electron chi connectivity index (χ1n) is 3.15. The molecule has 0 aliphatic rings. The molecule has 4 nitrogen and oxygen atoms in total. The Hall–Kier alpha value is -1.65. The van der Waals surface area contributed by atoms with Gasteiger partial charge in [0, 0.05) is 6.20 Å². The first-order chi connectivity index (χ1) is 5.66. The average Bonchev–Trinajstić information content (AvgIpc) is 2.03. The lowest BCUT2D eigenvalue weighted by molar-refractivity contribution is 0.0596. The van der Waals surface area contributed by atoms with Crippen molar-refractivity contribution in [1.82, 2.24) is 4.98 Å². The molecule has 0 amide bonds. The Morgan fingerprint density at radius 2 is 2.42 bits per heavy atom. The van der Waals surface area contributed by atoms with Gasteiger partial charge in [0.25, 0.3) is 0 Å². The van der Waals surface area contributed by atoms with Crippen LogP contribution < -0.4 is 5.73 Å². The summed E-state index contributed by atoms with van der Waals surface area (Å²) in [5.74, 6) is -1.71. The number of carbonyl (C=O) groups excluding carboxylic acids is 1. The third kappa shape index (κ3) is 1.34. The highest BCUT2D eigenvalue weighted by atomic mass is 19.1. The number of pyridine rings is 1. The van der Waals surface area contributed by atoms with Gasteiger partial charge in [-0.25, -0.2) is 14.2 Å². The van der Waals surface area contributed by atoms with Gasteiger partial charge in [-0.3, -0.25) is 0 Å². The maximum Gasteiger partial charge on any atom is 0.344 e. The monoisotopic (exact) mass is 170 g/mol. The average molecular weight is 170 g/mol. The van der Waals surface area contributed by atoms with Crippen LogP contribution in [-0.4, -0.2) is 18.1 Å². The second kappa shape index (κ2) is 3.17. The van der Waals surface area contributed by atoms with Crippen molar-refractivity contribution in [1.29, 1.82) is 0 Å². The number of carbonyl (C=O) groups is 1. The Bertz CT molecular complexity index is 294. The molecule has 1 rings (SSSR count). The van der Waals surface area contributed by atoms with E-state index in [0.717, 1.165) is 13.2 Å². The van der Waals surface area contributed by atoms with Crippen molar-refractivity contribution >= 4 is 11.8 Å². The van der Waals surface area contributed by atoms with Crippen LogP contribution in [0.5, 0.6) is 0 Å². The Morgan fingerprint density at radius 1 is 1.75 bits per heavy atom. The Balaban J connectivity index is 3.21. The summed E-state index contributed by atoms with van der Waals surface area (Å²) < 4.78 is 17.2. The summed E-state index contributed by atoms with van der Waals surface area (Å²) in [4.78, 5) is 14.4. The second-order valence-electron chi connectivity index (χ2n) is 2.04. The van der Waals surface area contributed by atoms with Crippen molar-refractivity contribution in [2.75, 3.05) is 12.8 Å². The van der Waals surface area contributed by atoms with E-state index in [4.69, 9.17) is 5.73 Å². The van der Waals surface area contributed by atoms with Crippen LogP contribution in [0.1, 0.15) is 10.4 Å². The number of esters is 1. The van der Waals surface area contributed by atoms with E-state index in [1.807, 2.05) is 0 Å². The fraction of sp³-hybridized carbons (Fsp3) is 0.143. The summed E-state index contributed by atoms with van der Waals surface area (Å²) in [6.07, 6.45) is 1.18. The lowest BCUT2D eigenvalue weighted by atomic mass is 10.2. The van der Waals surface area contributed by atoms with Crippen molar-refractivity contribution in [3.8, 4) is 0 Å². The van der Waals surface area contributed by atoms with Crippen molar-refractivity contribution in [2.45, 2.75) is 0 Å². The number of nitrogens with two attached hydrogens (primary N) is 1. The number of rotatable bonds is 1. The van der Waals surface area contributed by atoms with Crippen molar-refractivity contribution in [3.63, 3.8) is 0 Å². The van der Waals surface area contributed by atoms with E-state index in [1.54, 1.807) is 0 Å². The summed E-state index contributed by atoms with van der Waals surface area (Å²) in [5, 5.41) is 0. The minimum absolute atomic E-state index is 0.165. The van der Waals surface area contributed by atoms with Gasteiger partial charge in [0.1, 0.15) is 17.2 Å². The molecule has 1 aromatic heterocycles. The van der Waals surface area contributed by atoms with E-state index in [0.29, 0.717) is 0 Å². The fourth-order valence-corrected chi connectivity index (χ4v) is 0.757. The van der Waals surface area contributed by atoms with Gasteiger partial charge in [0.2, 0.25) is 0 Å². The molecule has 0 aromatic carbocycles. The van der Waals surface area contributed by atoms with Crippen LogP contribution in [0, 0.1) is 5.82 Å². The summed E-state index contributed by atoms with van der Waals surface area (Å²) in [6, 6.07) is 1.04. The maximum absolute atomic E-state index is 12.9. The van der Waals surface area contributed by atoms with Crippen LogP contribution in [0.4, 0.5) is 10.2 Å². The van der Waals surface area contributed by atoms with Crippen LogP contribution in [0.2, 0.25) is 0 Å². The van der Waals surface area contributed by atoms with Crippen LogP contribution in [0.25, 0.3) is 0 Å². The summed E-state index contributed by atoms with van der Waals surface area (Å²) in [6.45, 7) is 0. The van der Waals surface area contributed by atoms with Crippen LogP contribution in [-0.2, 0) is 4.74 Å². The van der Waals surface area contributed by atoms with Crippen molar-refractivity contribution in [3.05, 3.63) is 23.6 Å².